The molecule has 0 aromatic heterocycles. The third kappa shape index (κ3) is 25.5. The molecule has 0 saturated carbocycles. The maximum Gasteiger partial charge on any atom is 0.552 e. The van der Waals surface area contributed by atoms with E-state index in [9.17, 15) is 0 Å². The Labute approximate surface area is 91.4 Å². The molecule has 0 aliphatic heterocycles. The fourth-order valence-electron chi connectivity index (χ4n) is 0.155. The SMILES string of the molecule is [C]#CCCCCl.[I][Mg][I]. The first-order valence-electron chi connectivity index (χ1n) is 2.41. The van der Waals surface area contributed by atoms with Gasteiger partial charge in [0.25, 0.3) is 0 Å². The van der Waals surface area contributed by atoms with E-state index in [2.05, 4.69) is 43.6 Å². The van der Waals surface area contributed by atoms with Gasteiger partial charge in [0.15, 0.2) is 0 Å². The molecule has 0 fully saturated rings. The molecule has 0 N–H and O–H groups in total. The zero-order chi connectivity index (χ0) is 7.54. The van der Waals surface area contributed by atoms with Crippen LogP contribution in [0.1, 0.15) is 12.8 Å². The molecular weight excluding hydrogens is 374 g/mol. The van der Waals surface area contributed by atoms with E-state index < -0.39 is 0 Å². The Kier molecular flexibility index (Phi) is 25.1. The summed E-state index contributed by atoms with van der Waals surface area (Å²) in [5.41, 5.74) is 0. The molecule has 0 aliphatic rings. The summed E-state index contributed by atoms with van der Waals surface area (Å²) in [5, 5.41) is 0. The molecule has 9 heavy (non-hydrogen) atoms. The number of halogens is 3. The van der Waals surface area contributed by atoms with Gasteiger partial charge in [-0.05, 0) is 12.8 Å². The Balaban J connectivity index is 0. The first kappa shape index (κ1) is 13.7. The zero-order valence-electron chi connectivity index (χ0n) is 4.96. The molecule has 0 rings (SSSR count). The highest BCUT2D eigenvalue weighted by Crippen LogP contribution is 1.86. The van der Waals surface area contributed by atoms with Gasteiger partial charge in [-0.3, -0.25) is 37.7 Å². The summed E-state index contributed by atoms with van der Waals surface area (Å²) in [6.07, 6.45) is 7.98. The molecule has 0 bridgehead atoms. The minimum absolute atomic E-state index is 0.357. The number of rotatable bonds is 2. The van der Waals surface area contributed by atoms with E-state index in [1.807, 2.05) is 0 Å². The predicted molar refractivity (Wildman–Crippen MR) is 60.9 cm³/mol. The van der Waals surface area contributed by atoms with Crippen molar-refractivity contribution in [3.63, 3.8) is 0 Å². The van der Waals surface area contributed by atoms with Crippen LogP contribution >= 0.6 is 49.3 Å². The fraction of sp³-hybridized carbons (Fsp3) is 0.600. The van der Waals surface area contributed by atoms with E-state index in [1.165, 1.54) is 0 Å². The minimum atomic E-state index is 0.357. The zero-order valence-corrected chi connectivity index (χ0v) is 11.4. The minimum Gasteiger partial charge on any atom is -0.276 e. The summed E-state index contributed by atoms with van der Waals surface area (Å²) in [6.45, 7) is 0. The van der Waals surface area contributed by atoms with Crippen molar-refractivity contribution in [3.05, 3.63) is 6.42 Å². The van der Waals surface area contributed by atoms with Crippen molar-refractivity contribution in [2.75, 3.05) is 5.88 Å². The quantitative estimate of drug-likeness (QED) is 0.227. The standard InChI is InChI=1S/C5H6Cl.2HI.Mg/c1-2-3-4-5-6;;;/h3-5H2;2*1H;/q;;;+2/p-2. The average molecular weight is 380 g/mol. The van der Waals surface area contributed by atoms with Gasteiger partial charge in [-0.1, -0.05) is 5.92 Å². The Bertz CT molecular complexity index is 71.8. The molecule has 0 atom stereocenters. The maximum absolute atomic E-state index is 6.40. The van der Waals surface area contributed by atoms with Gasteiger partial charge in [-0.15, -0.1) is 11.6 Å². The summed E-state index contributed by atoms with van der Waals surface area (Å²) in [7, 11) is 0. The van der Waals surface area contributed by atoms with E-state index in [4.69, 9.17) is 18.0 Å². The van der Waals surface area contributed by atoms with Gasteiger partial charge in [0, 0.05) is 12.3 Å². The van der Waals surface area contributed by atoms with Crippen LogP contribution in [0.5, 0.6) is 0 Å². The molecular formula is C5H6ClI2Mg. The highest BCUT2D eigenvalue weighted by Gasteiger charge is 1.73. The molecule has 0 unspecified atom stereocenters. The van der Waals surface area contributed by atoms with Crippen molar-refractivity contribution in [2.24, 2.45) is 0 Å². The molecule has 4 heteroatoms. The van der Waals surface area contributed by atoms with Crippen molar-refractivity contribution < 1.29 is 0 Å². The van der Waals surface area contributed by atoms with Crippen LogP contribution in [-0.4, -0.2) is 18.5 Å². The van der Waals surface area contributed by atoms with Crippen LogP contribution < -0.4 is 0 Å². The molecule has 0 amide bonds. The summed E-state index contributed by atoms with van der Waals surface area (Å²) in [5.74, 6) is 2.88. The second-order valence-corrected chi connectivity index (χ2v) is 15.0. The Morgan fingerprint density at radius 1 is 1.56 bits per heavy atom. The van der Waals surface area contributed by atoms with Crippen molar-refractivity contribution >= 4 is 61.9 Å². The molecule has 0 aliphatic carbocycles. The molecule has 0 aromatic rings. The van der Waals surface area contributed by atoms with Gasteiger partial charge in [0.05, 0.1) is 0 Å². The van der Waals surface area contributed by atoms with Gasteiger partial charge in [-0.2, -0.15) is 0 Å². The molecule has 0 aromatic carbocycles. The highest BCUT2D eigenvalue weighted by atomic mass is 127. The van der Waals surface area contributed by atoms with E-state index in [0.717, 1.165) is 6.42 Å². The number of unbranched alkanes of at least 4 members (excludes halogenated alkanes) is 1. The molecule has 1 radical (unpaired) electrons. The van der Waals surface area contributed by atoms with Gasteiger partial charge < -0.3 is 0 Å². The Hall–Kier alpha value is 2.08. The molecule has 0 spiro atoms. The third-order valence-electron chi connectivity index (χ3n) is 0.435. The van der Waals surface area contributed by atoms with E-state index in [1.54, 1.807) is 0 Å². The molecule has 0 nitrogen and oxygen atoms in total. The van der Waals surface area contributed by atoms with Crippen LogP contribution in [0.15, 0.2) is 0 Å². The Morgan fingerprint density at radius 3 is 2.11 bits per heavy atom. The first-order chi connectivity index (χ1) is 4.33. The van der Waals surface area contributed by atoms with Crippen molar-refractivity contribution in [1.29, 1.82) is 0 Å². The van der Waals surface area contributed by atoms with Crippen LogP contribution in [0.2, 0.25) is 0 Å². The van der Waals surface area contributed by atoms with Crippen molar-refractivity contribution in [1.82, 2.24) is 0 Å². The number of hydrogen-bond acceptors (Lipinski definition) is 0. The maximum atomic E-state index is 6.40. The van der Waals surface area contributed by atoms with Gasteiger partial charge in [0.1, 0.15) is 0 Å². The third-order valence-corrected chi connectivity index (χ3v) is 0.703. The van der Waals surface area contributed by atoms with E-state index in [-0.39, 0.29) is 0 Å². The second kappa shape index (κ2) is 16.6. The number of alkyl halides is 1. The average Bonchev–Trinajstić information content (AvgIpc) is 1.86. The normalized spacial score (nSPS) is 6.00. The van der Waals surface area contributed by atoms with Gasteiger partial charge in [0.2, 0.25) is 0 Å². The molecule has 49 valence electrons. The first-order valence-corrected chi connectivity index (χ1v) is 13.2. The van der Waals surface area contributed by atoms with Crippen molar-refractivity contribution in [2.45, 2.75) is 12.8 Å². The van der Waals surface area contributed by atoms with E-state index in [0.29, 0.717) is 24.9 Å². The lowest BCUT2D eigenvalue weighted by Gasteiger charge is -1.77. The van der Waals surface area contributed by atoms with Gasteiger partial charge in [-0.25, -0.2) is 0 Å². The largest absolute Gasteiger partial charge is 0.552 e. The summed E-state index contributed by atoms with van der Waals surface area (Å²) in [4.78, 5) is 0. The van der Waals surface area contributed by atoms with Crippen LogP contribution in [-0.2, 0) is 0 Å². The topological polar surface area (TPSA) is 0 Å². The lowest BCUT2D eigenvalue weighted by Crippen LogP contribution is -1.68. The van der Waals surface area contributed by atoms with E-state index >= 15 is 0 Å². The summed E-state index contributed by atoms with van der Waals surface area (Å²) in [6, 6.07) is 0. The van der Waals surface area contributed by atoms with Crippen LogP contribution in [0, 0.1) is 12.3 Å². The summed E-state index contributed by atoms with van der Waals surface area (Å²) < 4.78 is 0. The summed E-state index contributed by atoms with van der Waals surface area (Å²) >= 11 is 10.4. The Morgan fingerprint density at radius 2 is 2.00 bits per heavy atom. The van der Waals surface area contributed by atoms with Crippen molar-refractivity contribution in [3.8, 4) is 5.92 Å². The lowest BCUT2D eigenvalue weighted by atomic mass is 10.4. The van der Waals surface area contributed by atoms with Gasteiger partial charge >= 0.3 is 12.6 Å². The predicted octanol–water partition coefficient (Wildman–Crippen LogP) is 2.99. The van der Waals surface area contributed by atoms with Crippen LogP contribution in [0.3, 0.4) is 0 Å². The number of hydrogen-bond donors (Lipinski definition) is 0. The van der Waals surface area contributed by atoms with Crippen LogP contribution in [0.25, 0.3) is 0 Å². The highest BCUT2D eigenvalue weighted by molar-refractivity contribution is 14.3. The smallest absolute Gasteiger partial charge is 0.276 e. The lowest BCUT2D eigenvalue weighted by molar-refractivity contribution is 0.991. The second-order valence-electron chi connectivity index (χ2n) is 1.07. The molecule has 0 saturated heterocycles. The molecule has 0 heterocycles. The fourth-order valence-corrected chi connectivity index (χ4v) is 0.289. The van der Waals surface area contributed by atoms with Crippen LogP contribution in [0.4, 0.5) is 0 Å². The monoisotopic (exact) mass is 379 g/mol.